The van der Waals surface area contributed by atoms with Gasteiger partial charge in [0.2, 0.25) is 0 Å². The fourth-order valence-electron chi connectivity index (χ4n) is 4.25. The molecule has 0 spiro atoms. The van der Waals surface area contributed by atoms with Gasteiger partial charge in [-0.25, -0.2) is 0 Å². The molecule has 0 atom stereocenters. The van der Waals surface area contributed by atoms with Crippen LogP contribution in [0.25, 0.3) is 11.1 Å². The van der Waals surface area contributed by atoms with Gasteiger partial charge in [0, 0.05) is 0 Å². The van der Waals surface area contributed by atoms with Gasteiger partial charge in [-0.1, -0.05) is 147 Å². The van der Waals surface area contributed by atoms with E-state index in [4.69, 9.17) is 0 Å². The number of hydrogen-bond acceptors (Lipinski definition) is 0. The molecule has 0 heteroatoms. The summed E-state index contributed by atoms with van der Waals surface area (Å²) in [6, 6.07) is 13.9. The summed E-state index contributed by atoms with van der Waals surface area (Å²) in [5.74, 6) is 0. The maximum atomic E-state index is 4.09. The van der Waals surface area contributed by atoms with Crippen molar-refractivity contribution in [2.24, 2.45) is 0 Å². The molecule has 0 aromatic heterocycles. The highest BCUT2D eigenvalue weighted by Crippen LogP contribution is 2.33. The molecule has 0 amide bonds. The van der Waals surface area contributed by atoms with Crippen LogP contribution < -0.4 is 0 Å². The van der Waals surface area contributed by atoms with Gasteiger partial charge in [0.1, 0.15) is 0 Å². The number of hydrogen-bond donors (Lipinski definition) is 0. The Hall–Kier alpha value is -2.78. The smallest absolute Gasteiger partial charge is 0.00941 e. The predicted molar refractivity (Wildman–Crippen MR) is 182 cm³/mol. The van der Waals surface area contributed by atoms with Gasteiger partial charge < -0.3 is 0 Å². The Morgan fingerprint density at radius 1 is 0.897 bits per heavy atom. The van der Waals surface area contributed by atoms with Gasteiger partial charge >= 0.3 is 0 Å². The highest BCUT2D eigenvalue weighted by atomic mass is 14.2. The minimum absolute atomic E-state index is 0.144. The van der Waals surface area contributed by atoms with Crippen LogP contribution in [0.3, 0.4) is 0 Å². The Bertz CT molecular complexity index is 984. The summed E-state index contributed by atoms with van der Waals surface area (Å²) < 4.78 is 0. The molecule has 0 aliphatic heterocycles. The molecule has 2 aromatic rings. The number of rotatable bonds is 11. The molecule has 0 heterocycles. The lowest BCUT2D eigenvalue weighted by Gasteiger charge is -2.23. The summed E-state index contributed by atoms with van der Waals surface area (Å²) in [6.07, 6.45) is 26.5. The lowest BCUT2D eigenvalue weighted by atomic mass is 9.81. The average molecular weight is 529 g/mol. The predicted octanol–water partition coefficient (Wildman–Crippen LogP) is 12.4. The Morgan fingerprint density at radius 2 is 1.51 bits per heavy atom. The van der Waals surface area contributed by atoms with Crippen LogP contribution in [0.2, 0.25) is 0 Å². The molecule has 216 valence electrons. The van der Waals surface area contributed by atoms with Crippen molar-refractivity contribution in [1.29, 1.82) is 0 Å². The van der Waals surface area contributed by atoms with Gasteiger partial charge in [0.15, 0.2) is 0 Å². The second-order valence-electron chi connectivity index (χ2n) is 10.9. The molecule has 0 radical (unpaired) electrons. The zero-order valence-corrected chi connectivity index (χ0v) is 27.3. The van der Waals surface area contributed by atoms with Crippen molar-refractivity contribution in [3.8, 4) is 24.0 Å². The van der Waals surface area contributed by atoms with Gasteiger partial charge in [-0.2, -0.15) is 0 Å². The Balaban J connectivity index is 0. The summed E-state index contributed by atoms with van der Waals surface area (Å²) in [7, 11) is 0. The van der Waals surface area contributed by atoms with Gasteiger partial charge in [-0.15, -0.1) is 19.4 Å². The first-order valence-electron chi connectivity index (χ1n) is 15.1. The monoisotopic (exact) mass is 528 g/mol. The molecule has 0 bridgehead atoms. The SMILES string of the molecule is C#C.C=C(C)CCc1ccc(C/C=C\C=C/C)cc1-c1ccc(C)c(C(C)(C)C)c1.CC.CCCCCCC. The van der Waals surface area contributed by atoms with E-state index in [0.717, 1.165) is 19.3 Å². The van der Waals surface area contributed by atoms with Crippen LogP contribution in [-0.4, -0.2) is 0 Å². The second kappa shape index (κ2) is 23.1. The standard InChI is InChI=1S/C28H36.C7H16.C2H6.C2H2/c1-8-9-10-11-12-23-15-18-24(16-13-21(2)3)26(19-23)25-17-14-22(4)27(20-25)28(5,6)7;1-3-5-7-6-4-2;2*1-2/h8-11,14-15,17-20H,2,12-13,16H2,1,3-7H3;3-7H2,1-2H3;1-2H3;1-2H/b9-8-,11-10-;;;. The highest BCUT2D eigenvalue weighted by molar-refractivity contribution is 5.70. The van der Waals surface area contributed by atoms with E-state index in [1.807, 2.05) is 20.8 Å². The van der Waals surface area contributed by atoms with Crippen LogP contribution in [0.5, 0.6) is 0 Å². The van der Waals surface area contributed by atoms with E-state index >= 15 is 0 Å². The number of unbranched alkanes of at least 4 members (excludes halogenated alkanes) is 4. The Morgan fingerprint density at radius 3 is 2.03 bits per heavy atom. The minimum Gasteiger partial charge on any atom is -0.124 e. The lowest BCUT2D eigenvalue weighted by molar-refractivity contribution is 0.586. The third kappa shape index (κ3) is 16.7. The van der Waals surface area contributed by atoms with Crippen molar-refractivity contribution in [2.45, 2.75) is 126 Å². The summed E-state index contributed by atoms with van der Waals surface area (Å²) >= 11 is 0. The van der Waals surface area contributed by atoms with Gasteiger partial charge in [0.05, 0.1) is 0 Å². The molecule has 2 rings (SSSR count). The van der Waals surface area contributed by atoms with Crippen LogP contribution >= 0.6 is 0 Å². The summed E-state index contributed by atoms with van der Waals surface area (Å²) in [5, 5.41) is 0. The topological polar surface area (TPSA) is 0 Å². The van der Waals surface area contributed by atoms with Crippen LogP contribution in [0.4, 0.5) is 0 Å². The molecule has 39 heavy (non-hydrogen) atoms. The average Bonchev–Trinajstić information content (AvgIpc) is 2.93. The third-order valence-electron chi connectivity index (χ3n) is 6.35. The molecule has 0 saturated carbocycles. The molecule has 2 aromatic carbocycles. The third-order valence-corrected chi connectivity index (χ3v) is 6.35. The van der Waals surface area contributed by atoms with Crippen LogP contribution in [0.15, 0.2) is 72.9 Å². The van der Waals surface area contributed by atoms with E-state index in [-0.39, 0.29) is 5.41 Å². The first-order chi connectivity index (χ1) is 18.6. The highest BCUT2D eigenvalue weighted by Gasteiger charge is 2.18. The minimum atomic E-state index is 0.144. The molecular formula is C39H60. The van der Waals surface area contributed by atoms with E-state index < -0.39 is 0 Å². The number of aryl methyl sites for hydroxylation is 2. The van der Waals surface area contributed by atoms with Crippen molar-refractivity contribution in [1.82, 2.24) is 0 Å². The van der Waals surface area contributed by atoms with Gasteiger partial charge in [-0.3, -0.25) is 0 Å². The zero-order valence-electron chi connectivity index (χ0n) is 27.3. The van der Waals surface area contributed by atoms with Crippen LogP contribution in [0, 0.1) is 19.8 Å². The van der Waals surface area contributed by atoms with E-state index in [1.54, 1.807) is 0 Å². The van der Waals surface area contributed by atoms with Gasteiger partial charge in [0.25, 0.3) is 0 Å². The van der Waals surface area contributed by atoms with Crippen LogP contribution in [0.1, 0.15) is 123 Å². The second-order valence-corrected chi connectivity index (χ2v) is 10.9. The summed E-state index contributed by atoms with van der Waals surface area (Å²) in [4.78, 5) is 0. The maximum Gasteiger partial charge on any atom is -0.00941 e. The number of terminal acetylenes is 1. The fraction of sp³-hybridized carbons (Fsp3) is 0.487. The summed E-state index contributed by atoms with van der Waals surface area (Å²) in [5.41, 5.74) is 9.63. The van der Waals surface area contributed by atoms with E-state index in [1.165, 1.54) is 71.1 Å². The first kappa shape index (κ1) is 38.4. The van der Waals surface area contributed by atoms with E-state index in [0.29, 0.717) is 0 Å². The first-order valence-corrected chi connectivity index (χ1v) is 15.1. The number of benzene rings is 2. The normalized spacial score (nSPS) is 10.7. The molecule has 0 aliphatic rings. The maximum absolute atomic E-state index is 4.09. The van der Waals surface area contributed by atoms with Crippen LogP contribution in [-0.2, 0) is 18.3 Å². The van der Waals surface area contributed by atoms with Gasteiger partial charge in [-0.05, 0) is 78.8 Å². The fourth-order valence-corrected chi connectivity index (χ4v) is 4.25. The molecule has 0 saturated heterocycles. The van der Waals surface area contributed by atoms with Crippen molar-refractivity contribution >= 4 is 0 Å². The van der Waals surface area contributed by atoms with E-state index in [9.17, 15) is 0 Å². The Kier molecular flexibility index (Phi) is 22.8. The van der Waals surface area contributed by atoms with Crippen molar-refractivity contribution in [3.63, 3.8) is 0 Å². The molecule has 0 fully saturated rings. The lowest BCUT2D eigenvalue weighted by Crippen LogP contribution is -2.13. The molecule has 0 aliphatic carbocycles. The molecule has 0 unspecified atom stereocenters. The summed E-state index contributed by atoms with van der Waals surface area (Å²) in [6.45, 7) is 25.8. The number of allylic oxidation sites excluding steroid dienone is 5. The molecular weight excluding hydrogens is 468 g/mol. The Labute approximate surface area is 244 Å². The zero-order chi connectivity index (χ0) is 30.3. The largest absolute Gasteiger partial charge is 0.124 e. The van der Waals surface area contributed by atoms with E-state index in [2.05, 4.69) is 129 Å². The van der Waals surface area contributed by atoms with Crippen molar-refractivity contribution < 1.29 is 0 Å². The van der Waals surface area contributed by atoms with Crippen molar-refractivity contribution in [2.75, 3.05) is 0 Å². The molecule has 0 N–H and O–H groups in total. The van der Waals surface area contributed by atoms with Crippen molar-refractivity contribution in [3.05, 3.63) is 95.1 Å². The molecule has 0 nitrogen and oxygen atoms in total. The quantitative estimate of drug-likeness (QED) is 0.118.